The lowest BCUT2D eigenvalue weighted by Crippen LogP contribution is -2.41. The Morgan fingerprint density at radius 3 is 2.63 bits per heavy atom. The van der Waals surface area contributed by atoms with Gasteiger partial charge in [-0.1, -0.05) is 30.4 Å². The summed E-state index contributed by atoms with van der Waals surface area (Å²) in [6.45, 7) is 0. The van der Waals surface area contributed by atoms with Gasteiger partial charge in [0.15, 0.2) is 0 Å². The molecule has 0 aromatic heterocycles. The largest absolute Gasteiger partial charge is 0.452 e. The number of halogens is 3. The number of nitrogens with one attached hydrogen (secondary N) is 2. The third-order valence-electron chi connectivity index (χ3n) is 2.11. The summed E-state index contributed by atoms with van der Waals surface area (Å²) in [7, 11) is 1.17. The van der Waals surface area contributed by atoms with Crippen molar-refractivity contribution in [3.8, 4) is 0 Å². The third kappa shape index (κ3) is 5.12. The van der Waals surface area contributed by atoms with Gasteiger partial charge in [-0.2, -0.15) is 13.2 Å². The lowest BCUT2D eigenvalue weighted by molar-refractivity contribution is -0.137. The van der Waals surface area contributed by atoms with E-state index in [4.69, 9.17) is 12.2 Å². The van der Waals surface area contributed by atoms with Crippen molar-refractivity contribution in [2.24, 2.45) is 0 Å². The van der Waals surface area contributed by atoms with Crippen LogP contribution in [0.15, 0.2) is 24.3 Å². The van der Waals surface area contributed by atoms with Gasteiger partial charge in [-0.05, 0) is 11.6 Å². The van der Waals surface area contributed by atoms with Crippen molar-refractivity contribution in [2.45, 2.75) is 12.6 Å². The van der Waals surface area contributed by atoms with Crippen LogP contribution in [0, 0.1) is 0 Å². The molecule has 104 valence electrons. The quantitative estimate of drug-likeness (QED) is 0.649. The van der Waals surface area contributed by atoms with E-state index in [-0.39, 0.29) is 11.4 Å². The third-order valence-corrected chi connectivity index (χ3v) is 2.35. The zero-order valence-electron chi connectivity index (χ0n) is 9.88. The Bertz CT molecular complexity index is 477. The number of carbonyl (C=O) groups is 1. The summed E-state index contributed by atoms with van der Waals surface area (Å²) < 4.78 is 41.7. The monoisotopic (exact) mass is 292 g/mol. The fourth-order valence-electron chi connectivity index (χ4n) is 1.26. The maximum atomic E-state index is 12.5. The number of methoxy groups -OCH3 is 1. The van der Waals surface area contributed by atoms with Gasteiger partial charge in [0.2, 0.25) is 0 Å². The van der Waals surface area contributed by atoms with Crippen molar-refractivity contribution < 1.29 is 22.7 Å². The maximum absolute atomic E-state index is 12.5. The summed E-state index contributed by atoms with van der Waals surface area (Å²) in [4.78, 5) is 10.9. The Morgan fingerprint density at radius 1 is 1.37 bits per heavy atom. The zero-order chi connectivity index (χ0) is 14.5. The van der Waals surface area contributed by atoms with Gasteiger partial charge in [0.25, 0.3) is 0 Å². The smallest absolute Gasteiger partial charge is 0.425 e. The Balaban J connectivity index is 2.62. The van der Waals surface area contributed by atoms with Gasteiger partial charge in [0.05, 0.1) is 17.7 Å². The molecule has 1 aromatic carbocycles. The van der Waals surface area contributed by atoms with E-state index < -0.39 is 17.8 Å². The molecule has 1 aromatic rings. The first kappa shape index (κ1) is 15.2. The van der Waals surface area contributed by atoms with Crippen LogP contribution in [0.4, 0.5) is 18.0 Å². The average molecular weight is 292 g/mol. The first-order valence-corrected chi connectivity index (χ1v) is 5.52. The lowest BCUT2D eigenvalue weighted by Gasteiger charge is -2.10. The summed E-state index contributed by atoms with van der Waals surface area (Å²) in [5.41, 5.74) is 4.13. The van der Waals surface area contributed by atoms with Crippen molar-refractivity contribution >= 4 is 23.3 Å². The van der Waals surface area contributed by atoms with Gasteiger partial charge < -0.3 is 4.74 Å². The van der Waals surface area contributed by atoms with E-state index in [0.717, 1.165) is 12.1 Å². The van der Waals surface area contributed by atoms with Crippen LogP contribution in [0.2, 0.25) is 0 Å². The standard InChI is InChI=1S/C11H11F3N2O2S/c1-18-10(17)16-15-9(19)6-7-3-2-4-8(5-7)11(12,13)14/h2-5H,6H2,1H3,(H,15,19)(H,16,17). The molecular weight excluding hydrogens is 281 g/mol. The summed E-state index contributed by atoms with van der Waals surface area (Å²) in [6, 6.07) is 4.80. The van der Waals surface area contributed by atoms with Crippen LogP contribution in [0.1, 0.15) is 11.1 Å². The number of hydrazine groups is 1. The number of benzene rings is 1. The Morgan fingerprint density at radius 2 is 2.05 bits per heavy atom. The van der Waals surface area contributed by atoms with E-state index in [2.05, 4.69) is 15.6 Å². The van der Waals surface area contributed by atoms with E-state index in [1.165, 1.54) is 19.2 Å². The van der Waals surface area contributed by atoms with Gasteiger partial charge >= 0.3 is 12.3 Å². The van der Waals surface area contributed by atoms with Crippen molar-refractivity contribution in [2.75, 3.05) is 7.11 Å². The molecule has 0 radical (unpaired) electrons. The zero-order valence-corrected chi connectivity index (χ0v) is 10.7. The van der Waals surface area contributed by atoms with Crippen LogP contribution in [0.3, 0.4) is 0 Å². The number of hydrogen-bond donors (Lipinski definition) is 2. The van der Waals surface area contributed by atoms with E-state index in [1.807, 2.05) is 0 Å². The van der Waals surface area contributed by atoms with Crippen LogP contribution in [0.25, 0.3) is 0 Å². The average Bonchev–Trinajstić information content (AvgIpc) is 2.35. The number of ether oxygens (including phenoxy) is 1. The molecule has 0 spiro atoms. The van der Waals surface area contributed by atoms with Crippen LogP contribution < -0.4 is 10.9 Å². The minimum absolute atomic E-state index is 0.0727. The molecule has 0 saturated carbocycles. The second-order valence-electron chi connectivity index (χ2n) is 3.54. The molecule has 19 heavy (non-hydrogen) atoms. The summed E-state index contributed by atoms with van der Waals surface area (Å²) in [6.07, 6.45) is -5.06. The molecule has 4 nitrogen and oxygen atoms in total. The van der Waals surface area contributed by atoms with E-state index in [1.54, 1.807) is 0 Å². The van der Waals surface area contributed by atoms with E-state index >= 15 is 0 Å². The predicted molar refractivity (Wildman–Crippen MR) is 66.4 cm³/mol. The molecule has 0 atom stereocenters. The molecule has 0 heterocycles. The topological polar surface area (TPSA) is 50.4 Å². The Labute approximate surface area is 112 Å². The molecule has 1 rings (SSSR count). The van der Waals surface area contributed by atoms with Crippen LogP contribution >= 0.6 is 12.2 Å². The van der Waals surface area contributed by atoms with Crippen molar-refractivity contribution in [1.82, 2.24) is 10.9 Å². The molecule has 2 N–H and O–H groups in total. The SMILES string of the molecule is COC(=O)NNC(=S)Cc1cccc(C(F)(F)F)c1. The Hall–Kier alpha value is -1.83. The number of carbonyl (C=O) groups excluding carboxylic acids is 1. The second-order valence-corrected chi connectivity index (χ2v) is 4.03. The predicted octanol–water partition coefficient (Wildman–Crippen LogP) is 2.44. The molecule has 0 aliphatic rings. The lowest BCUT2D eigenvalue weighted by atomic mass is 10.1. The van der Waals surface area contributed by atoms with Crippen molar-refractivity contribution in [3.05, 3.63) is 35.4 Å². The summed E-state index contributed by atoms with van der Waals surface area (Å²) >= 11 is 4.88. The maximum Gasteiger partial charge on any atom is 0.425 e. The van der Waals surface area contributed by atoms with Gasteiger partial charge in [-0.25, -0.2) is 10.2 Å². The number of hydrogen-bond acceptors (Lipinski definition) is 3. The molecule has 8 heteroatoms. The number of rotatable bonds is 2. The number of amides is 1. The van der Waals surface area contributed by atoms with E-state index in [0.29, 0.717) is 5.56 Å². The Kier molecular flexibility index (Phi) is 5.11. The molecule has 0 bridgehead atoms. The first-order chi connectivity index (χ1) is 8.82. The second kappa shape index (κ2) is 6.37. The molecular formula is C11H11F3N2O2S. The van der Waals surface area contributed by atoms with Gasteiger partial charge in [0.1, 0.15) is 0 Å². The number of thiocarbonyl (C=S) groups is 1. The molecule has 0 fully saturated rings. The normalized spacial score (nSPS) is 10.7. The van der Waals surface area contributed by atoms with Crippen LogP contribution in [-0.2, 0) is 17.3 Å². The fraction of sp³-hybridized carbons (Fsp3) is 0.273. The minimum atomic E-state index is -4.39. The van der Waals surface area contributed by atoms with Gasteiger partial charge in [0, 0.05) is 6.42 Å². The number of alkyl halides is 3. The van der Waals surface area contributed by atoms with Crippen LogP contribution in [-0.4, -0.2) is 18.2 Å². The molecule has 0 aliphatic heterocycles. The minimum Gasteiger partial charge on any atom is -0.452 e. The van der Waals surface area contributed by atoms with E-state index in [9.17, 15) is 18.0 Å². The van der Waals surface area contributed by atoms with Crippen LogP contribution in [0.5, 0.6) is 0 Å². The molecule has 1 amide bonds. The summed E-state index contributed by atoms with van der Waals surface area (Å²) in [5.74, 6) is 0. The van der Waals surface area contributed by atoms with Gasteiger partial charge in [-0.3, -0.25) is 5.43 Å². The summed E-state index contributed by atoms with van der Waals surface area (Å²) in [5, 5.41) is 0. The van der Waals surface area contributed by atoms with Crippen molar-refractivity contribution in [1.29, 1.82) is 0 Å². The van der Waals surface area contributed by atoms with Gasteiger partial charge in [-0.15, -0.1) is 0 Å². The highest BCUT2D eigenvalue weighted by atomic mass is 32.1. The molecule has 0 unspecified atom stereocenters. The highest BCUT2D eigenvalue weighted by Gasteiger charge is 2.30. The molecule has 0 aliphatic carbocycles. The highest BCUT2D eigenvalue weighted by molar-refractivity contribution is 7.80. The van der Waals surface area contributed by atoms with Crippen molar-refractivity contribution in [3.63, 3.8) is 0 Å². The molecule has 0 saturated heterocycles. The fourth-order valence-corrected chi connectivity index (χ4v) is 1.48. The highest BCUT2D eigenvalue weighted by Crippen LogP contribution is 2.29. The first-order valence-electron chi connectivity index (χ1n) is 5.12.